The van der Waals surface area contributed by atoms with Gasteiger partial charge in [0.1, 0.15) is 7.28 Å². The summed E-state index contributed by atoms with van der Waals surface area (Å²) in [5.41, 5.74) is 4.18. The van der Waals surface area contributed by atoms with Crippen LogP contribution in [0.15, 0.2) is 30.8 Å². The highest BCUT2D eigenvalue weighted by atomic mass is 14.1. The molecular formula is C10H11B. The molecule has 1 aromatic carbocycles. The lowest BCUT2D eigenvalue weighted by atomic mass is 9.61. The summed E-state index contributed by atoms with van der Waals surface area (Å²) in [5.74, 6) is 0. The van der Waals surface area contributed by atoms with Crippen molar-refractivity contribution in [3.63, 3.8) is 0 Å². The maximum Gasteiger partial charge on any atom is 0.130 e. The van der Waals surface area contributed by atoms with Crippen molar-refractivity contribution in [3.8, 4) is 0 Å². The van der Waals surface area contributed by atoms with Crippen LogP contribution in [-0.4, -0.2) is 7.28 Å². The zero-order valence-electron chi connectivity index (χ0n) is 6.64. The molecule has 1 aromatic rings. The third kappa shape index (κ3) is 1.11. The van der Waals surface area contributed by atoms with E-state index in [9.17, 15) is 0 Å². The average Bonchev–Trinajstić information content (AvgIpc) is 2.06. The molecule has 0 amide bonds. The summed E-state index contributed by atoms with van der Waals surface area (Å²) in [6, 6.07) is 8.59. The third-order valence-electron chi connectivity index (χ3n) is 2.32. The third-order valence-corrected chi connectivity index (χ3v) is 2.32. The Hall–Kier alpha value is -0.975. The van der Waals surface area contributed by atoms with Crippen LogP contribution in [0.1, 0.15) is 11.1 Å². The van der Waals surface area contributed by atoms with E-state index in [4.69, 9.17) is 0 Å². The Kier molecular flexibility index (Phi) is 1.57. The van der Waals surface area contributed by atoms with Crippen molar-refractivity contribution in [3.05, 3.63) is 42.0 Å². The van der Waals surface area contributed by atoms with Gasteiger partial charge in [0.15, 0.2) is 0 Å². The van der Waals surface area contributed by atoms with Crippen molar-refractivity contribution in [2.24, 2.45) is 0 Å². The van der Waals surface area contributed by atoms with Gasteiger partial charge in [-0.05, 0) is 11.1 Å². The lowest BCUT2D eigenvalue weighted by Gasteiger charge is -2.16. The normalized spacial score (nSPS) is 15.5. The number of rotatable bonds is 0. The molecule has 0 fully saturated rings. The van der Waals surface area contributed by atoms with E-state index >= 15 is 0 Å². The van der Waals surface area contributed by atoms with E-state index in [2.05, 4.69) is 30.8 Å². The lowest BCUT2D eigenvalue weighted by molar-refractivity contribution is 1.29. The summed E-state index contributed by atoms with van der Waals surface area (Å²) in [7, 11) is 1.27. The maximum atomic E-state index is 4.06. The molecule has 0 saturated heterocycles. The molecule has 0 saturated carbocycles. The molecule has 1 heterocycles. The van der Waals surface area contributed by atoms with E-state index in [0.717, 1.165) is 0 Å². The Balaban J connectivity index is 2.52. The predicted molar refractivity (Wildman–Crippen MR) is 51.1 cm³/mol. The van der Waals surface area contributed by atoms with Gasteiger partial charge in [-0.3, -0.25) is 0 Å². The summed E-state index contributed by atoms with van der Waals surface area (Å²) in [4.78, 5) is 0. The fourth-order valence-electron chi connectivity index (χ4n) is 1.71. The molecule has 0 N–H and O–H groups in total. The summed E-state index contributed by atoms with van der Waals surface area (Å²) in [6.07, 6.45) is 2.41. The molecule has 1 aliphatic rings. The van der Waals surface area contributed by atoms with Crippen LogP contribution >= 0.6 is 0 Å². The first-order valence-corrected chi connectivity index (χ1v) is 4.14. The summed E-state index contributed by atoms with van der Waals surface area (Å²) in [5, 5.41) is 0. The standard InChI is InChI=1S/C10H11B/c1-8-6-11-7-9-4-2-3-5-10(8)9/h2-5,11H,1,6-7H2. The van der Waals surface area contributed by atoms with Gasteiger partial charge in [0.2, 0.25) is 0 Å². The highest BCUT2D eigenvalue weighted by molar-refractivity contribution is 6.39. The molecule has 0 aliphatic carbocycles. The first-order chi connectivity index (χ1) is 5.38. The van der Waals surface area contributed by atoms with E-state index in [1.807, 2.05) is 0 Å². The first-order valence-electron chi connectivity index (χ1n) is 4.14. The van der Waals surface area contributed by atoms with Gasteiger partial charge in [0, 0.05) is 0 Å². The highest BCUT2D eigenvalue weighted by Gasteiger charge is 2.11. The minimum atomic E-state index is 1.18. The minimum Gasteiger partial charge on any atom is -0.0959 e. The second kappa shape index (κ2) is 2.57. The largest absolute Gasteiger partial charge is 0.130 e. The quantitative estimate of drug-likeness (QED) is 0.486. The molecule has 0 nitrogen and oxygen atoms in total. The second-order valence-electron chi connectivity index (χ2n) is 3.11. The number of hydrogen-bond donors (Lipinski definition) is 0. The molecule has 1 heteroatoms. The zero-order chi connectivity index (χ0) is 7.68. The molecule has 0 unspecified atom stereocenters. The fourth-order valence-corrected chi connectivity index (χ4v) is 1.71. The Morgan fingerprint density at radius 3 is 2.82 bits per heavy atom. The van der Waals surface area contributed by atoms with Crippen LogP contribution < -0.4 is 0 Å². The SMILES string of the molecule is C=C1CBCc2ccccc21. The molecular weight excluding hydrogens is 131 g/mol. The smallest absolute Gasteiger partial charge is 0.0959 e. The lowest BCUT2D eigenvalue weighted by Crippen LogP contribution is -2.07. The number of hydrogen-bond acceptors (Lipinski definition) is 0. The summed E-state index contributed by atoms with van der Waals surface area (Å²) in [6.45, 7) is 4.06. The highest BCUT2D eigenvalue weighted by Crippen LogP contribution is 2.25. The van der Waals surface area contributed by atoms with Crippen LogP contribution in [0.4, 0.5) is 0 Å². The van der Waals surface area contributed by atoms with E-state index in [0.29, 0.717) is 0 Å². The maximum absolute atomic E-state index is 4.06. The predicted octanol–water partition coefficient (Wildman–Crippen LogP) is 2.07. The van der Waals surface area contributed by atoms with Crippen molar-refractivity contribution >= 4 is 12.9 Å². The molecule has 0 spiro atoms. The van der Waals surface area contributed by atoms with Crippen LogP contribution in [0, 0.1) is 0 Å². The van der Waals surface area contributed by atoms with E-state index in [-0.39, 0.29) is 0 Å². The monoisotopic (exact) mass is 142 g/mol. The van der Waals surface area contributed by atoms with Crippen LogP contribution in [-0.2, 0) is 6.32 Å². The first kappa shape index (κ1) is 6.72. The molecule has 1 aliphatic heterocycles. The van der Waals surface area contributed by atoms with Gasteiger partial charge < -0.3 is 0 Å². The zero-order valence-corrected chi connectivity index (χ0v) is 6.64. The van der Waals surface area contributed by atoms with Gasteiger partial charge in [0.25, 0.3) is 0 Å². The Morgan fingerprint density at radius 1 is 1.18 bits per heavy atom. The van der Waals surface area contributed by atoms with Crippen molar-refractivity contribution in [1.82, 2.24) is 0 Å². The van der Waals surface area contributed by atoms with E-state index in [1.165, 1.54) is 36.6 Å². The topological polar surface area (TPSA) is 0 Å². The van der Waals surface area contributed by atoms with Crippen LogP contribution in [0.2, 0.25) is 6.32 Å². The number of benzene rings is 1. The number of fused-ring (bicyclic) bond motifs is 1. The van der Waals surface area contributed by atoms with Crippen molar-refractivity contribution in [1.29, 1.82) is 0 Å². The van der Waals surface area contributed by atoms with Crippen molar-refractivity contribution in [2.75, 3.05) is 0 Å². The second-order valence-corrected chi connectivity index (χ2v) is 3.11. The van der Waals surface area contributed by atoms with Crippen LogP contribution in [0.3, 0.4) is 0 Å². The Bertz CT molecular complexity index is 289. The van der Waals surface area contributed by atoms with Crippen LogP contribution in [0.5, 0.6) is 0 Å². The van der Waals surface area contributed by atoms with E-state index < -0.39 is 0 Å². The molecule has 11 heavy (non-hydrogen) atoms. The molecule has 0 atom stereocenters. The van der Waals surface area contributed by atoms with Crippen molar-refractivity contribution < 1.29 is 0 Å². The van der Waals surface area contributed by atoms with Gasteiger partial charge in [-0.15, -0.1) is 0 Å². The summed E-state index contributed by atoms with van der Waals surface area (Å²) >= 11 is 0. The molecule has 0 radical (unpaired) electrons. The average molecular weight is 142 g/mol. The van der Waals surface area contributed by atoms with Crippen LogP contribution in [0.25, 0.3) is 5.57 Å². The minimum absolute atomic E-state index is 1.18. The van der Waals surface area contributed by atoms with Gasteiger partial charge in [-0.25, -0.2) is 0 Å². The molecule has 54 valence electrons. The van der Waals surface area contributed by atoms with Gasteiger partial charge in [-0.2, -0.15) is 0 Å². The van der Waals surface area contributed by atoms with Gasteiger partial charge in [0.05, 0.1) is 0 Å². The van der Waals surface area contributed by atoms with E-state index in [1.54, 1.807) is 0 Å². The Morgan fingerprint density at radius 2 is 2.00 bits per heavy atom. The van der Waals surface area contributed by atoms with Gasteiger partial charge in [-0.1, -0.05) is 49.1 Å². The molecule has 2 rings (SSSR count). The Labute approximate surface area is 68.2 Å². The molecule has 0 aromatic heterocycles. The fraction of sp³-hybridized carbons (Fsp3) is 0.200. The summed E-state index contributed by atoms with van der Waals surface area (Å²) < 4.78 is 0. The molecule has 0 bridgehead atoms. The van der Waals surface area contributed by atoms with Crippen molar-refractivity contribution in [2.45, 2.75) is 12.6 Å². The van der Waals surface area contributed by atoms with Gasteiger partial charge >= 0.3 is 0 Å². The number of allylic oxidation sites excluding steroid dienone is 1.